The summed E-state index contributed by atoms with van der Waals surface area (Å²) in [5.41, 5.74) is 4.08. The molecule has 2 aliphatic rings. The van der Waals surface area contributed by atoms with Crippen molar-refractivity contribution in [2.24, 2.45) is 0 Å². The average Bonchev–Trinajstić information content (AvgIpc) is 3.15. The van der Waals surface area contributed by atoms with Gasteiger partial charge in [-0.05, 0) is 17.7 Å². The number of benzene rings is 1. The lowest BCUT2D eigenvalue weighted by Gasteiger charge is -2.22. The molecule has 1 aromatic carbocycles. The third-order valence-electron chi connectivity index (χ3n) is 4.36. The minimum atomic E-state index is -0.813. The van der Waals surface area contributed by atoms with Gasteiger partial charge in [-0.3, -0.25) is 15.1 Å². The van der Waals surface area contributed by atoms with Gasteiger partial charge < -0.3 is 10.1 Å². The fraction of sp³-hybridized carbons (Fsp3) is 0.211. The molecule has 2 aromatic rings. The summed E-state index contributed by atoms with van der Waals surface area (Å²) in [6.07, 6.45) is 4.10. The monoisotopic (exact) mass is 397 g/mol. The molecule has 1 aromatic heterocycles. The standard InChI is InChI=1S/C19H19N5O3S/c1-23-17-16(8-5-9-20-17)27-12-15(18(23)25)22-19(26)24-21-11-14(28-24)10-13-6-3-2-4-7-13/h2-9,11,15,21H,10,12H2,1H3,(H,22,26)/t15-/m0/s1. The molecule has 1 atom stereocenters. The number of pyridine rings is 1. The first kappa shape index (κ1) is 18.2. The summed E-state index contributed by atoms with van der Waals surface area (Å²) in [7, 11) is 1.62. The number of fused-ring (bicyclic) bond motifs is 1. The Labute approximate surface area is 166 Å². The molecule has 3 heterocycles. The van der Waals surface area contributed by atoms with E-state index in [0.717, 1.165) is 16.9 Å². The van der Waals surface area contributed by atoms with Gasteiger partial charge in [0.05, 0.1) is 0 Å². The van der Waals surface area contributed by atoms with E-state index in [2.05, 4.69) is 15.7 Å². The maximum atomic E-state index is 12.7. The zero-order valence-electron chi connectivity index (χ0n) is 15.2. The van der Waals surface area contributed by atoms with Gasteiger partial charge in [0.1, 0.15) is 12.6 Å². The Hall–Kier alpha value is -3.20. The topological polar surface area (TPSA) is 86.8 Å². The van der Waals surface area contributed by atoms with Gasteiger partial charge in [-0.2, -0.15) is 4.41 Å². The number of rotatable bonds is 3. The Bertz CT molecular complexity index is 921. The van der Waals surface area contributed by atoms with E-state index in [0.29, 0.717) is 11.6 Å². The van der Waals surface area contributed by atoms with Gasteiger partial charge in [-0.1, -0.05) is 30.3 Å². The van der Waals surface area contributed by atoms with E-state index >= 15 is 0 Å². The lowest BCUT2D eigenvalue weighted by Crippen LogP contribution is -2.53. The Morgan fingerprint density at radius 3 is 2.96 bits per heavy atom. The molecule has 9 heteroatoms. The molecule has 0 unspecified atom stereocenters. The highest BCUT2D eigenvalue weighted by atomic mass is 32.2. The van der Waals surface area contributed by atoms with E-state index in [-0.39, 0.29) is 12.5 Å². The summed E-state index contributed by atoms with van der Waals surface area (Å²) in [6.45, 7) is 0.0381. The highest BCUT2D eigenvalue weighted by molar-refractivity contribution is 8.01. The van der Waals surface area contributed by atoms with Crippen molar-refractivity contribution in [1.82, 2.24) is 20.1 Å². The molecule has 0 aliphatic carbocycles. The van der Waals surface area contributed by atoms with Gasteiger partial charge in [0, 0.05) is 42.7 Å². The van der Waals surface area contributed by atoms with E-state index in [4.69, 9.17) is 4.74 Å². The molecule has 4 rings (SSSR count). The molecule has 0 saturated heterocycles. The zero-order chi connectivity index (χ0) is 19.5. The van der Waals surface area contributed by atoms with Gasteiger partial charge in [0.25, 0.3) is 5.91 Å². The molecule has 8 nitrogen and oxygen atoms in total. The van der Waals surface area contributed by atoms with Crippen molar-refractivity contribution in [1.29, 1.82) is 0 Å². The maximum Gasteiger partial charge on any atom is 0.347 e. The lowest BCUT2D eigenvalue weighted by atomic mass is 10.1. The van der Waals surface area contributed by atoms with Gasteiger partial charge in [-0.15, -0.1) is 0 Å². The normalized spacial score (nSPS) is 18.5. The molecule has 0 spiro atoms. The third-order valence-corrected chi connectivity index (χ3v) is 5.31. The van der Waals surface area contributed by atoms with Gasteiger partial charge in [-0.25, -0.2) is 9.78 Å². The number of hydrogen-bond donors (Lipinski definition) is 2. The predicted octanol–water partition coefficient (Wildman–Crippen LogP) is 2.07. The number of carbonyl (C=O) groups excluding carboxylic acids is 2. The summed E-state index contributed by atoms with van der Waals surface area (Å²) in [6, 6.07) is 12.2. The SMILES string of the molecule is CN1C(=O)[C@@H](NC(=O)N2NC=C(Cc3ccccc3)S2)COc2cccnc21. The number of aromatic nitrogens is 1. The Morgan fingerprint density at radius 1 is 1.32 bits per heavy atom. The minimum Gasteiger partial charge on any atom is -0.487 e. The van der Waals surface area contributed by atoms with E-state index in [1.54, 1.807) is 31.6 Å². The van der Waals surface area contributed by atoms with Crippen LogP contribution in [0.4, 0.5) is 10.6 Å². The summed E-state index contributed by atoms with van der Waals surface area (Å²) in [5.74, 6) is 0.660. The third kappa shape index (κ3) is 3.74. The van der Waals surface area contributed by atoms with Crippen LogP contribution in [0.3, 0.4) is 0 Å². The molecule has 0 fully saturated rings. The molecule has 0 saturated carbocycles. The number of allylic oxidation sites excluding steroid dienone is 1. The number of nitrogens with zero attached hydrogens (tertiary/aromatic N) is 3. The quantitative estimate of drug-likeness (QED) is 0.771. The number of ether oxygens (including phenoxy) is 1. The van der Waals surface area contributed by atoms with Gasteiger partial charge in [0.2, 0.25) is 0 Å². The summed E-state index contributed by atoms with van der Waals surface area (Å²) < 4.78 is 7.03. The van der Waals surface area contributed by atoms with Crippen LogP contribution in [-0.4, -0.2) is 41.0 Å². The van der Waals surface area contributed by atoms with E-state index < -0.39 is 12.1 Å². The van der Waals surface area contributed by atoms with E-state index in [1.165, 1.54) is 21.3 Å². The van der Waals surface area contributed by atoms with Crippen molar-refractivity contribution < 1.29 is 14.3 Å². The molecule has 0 bridgehead atoms. The van der Waals surface area contributed by atoms with Crippen molar-refractivity contribution in [2.45, 2.75) is 12.5 Å². The van der Waals surface area contributed by atoms with Crippen LogP contribution in [0.5, 0.6) is 5.75 Å². The molecule has 0 radical (unpaired) electrons. The van der Waals surface area contributed by atoms with E-state index in [1.807, 2.05) is 30.3 Å². The van der Waals surface area contributed by atoms with Gasteiger partial charge >= 0.3 is 6.03 Å². The molecule has 144 valence electrons. The van der Waals surface area contributed by atoms with Crippen LogP contribution in [0.2, 0.25) is 0 Å². The number of hydrogen-bond acceptors (Lipinski definition) is 6. The number of nitrogens with one attached hydrogen (secondary N) is 2. The zero-order valence-corrected chi connectivity index (χ0v) is 16.0. The number of likely N-dealkylation sites (N-methyl/N-ethyl adjacent to an activating group) is 1. The first-order valence-electron chi connectivity index (χ1n) is 8.75. The number of urea groups is 1. The molecule has 28 heavy (non-hydrogen) atoms. The van der Waals surface area contributed by atoms with Crippen LogP contribution in [0, 0.1) is 0 Å². The Kier molecular flexibility index (Phi) is 5.07. The number of amides is 3. The lowest BCUT2D eigenvalue weighted by molar-refractivity contribution is -0.120. The average molecular weight is 397 g/mol. The first-order valence-corrected chi connectivity index (χ1v) is 9.52. The van der Waals surface area contributed by atoms with Crippen molar-refractivity contribution in [3.63, 3.8) is 0 Å². The van der Waals surface area contributed by atoms with Crippen molar-refractivity contribution in [3.05, 3.63) is 65.3 Å². The molecule has 2 N–H and O–H groups in total. The fourth-order valence-electron chi connectivity index (χ4n) is 2.92. The maximum absolute atomic E-state index is 12.7. The largest absolute Gasteiger partial charge is 0.487 e. The first-order chi connectivity index (χ1) is 13.6. The van der Waals surface area contributed by atoms with Crippen LogP contribution >= 0.6 is 11.9 Å². The highest BCUT2D eigenvalue weighted by Gasteiger charge is 2.33. The van der Waals surface area contributed by atoms with Crippen molar-refractivity contribution in [2.75, 3.05) is 18.6 Å². The second-order valence-electron chi connectivity index (χ2n) is 6.32. The van der Waals surface area contributed by atoms with Crippen LogP contribution < -0.4 is 20.4 Å². The Morgan fingerprint density at radius 2 is 2.14 bits per heavy atom. The summed E-state index contributed by atoms with van der Waals surface area (Å²) >= 11 is 1.29. The fourth-order valence-corrected chi connectivity index (χ4v) is 3.73. The number of carbonyl (C=O) groups is 2. The molecular weight excluding hydrogens is 378 g/mol. The van der Waals surface area contributed by atoms with Crippen molar-refractivity contribution >= 4 is 29.7 Å². The summed E-state index contributed by atoms with van der Waals surface area (Å²) in [5, 5.41) is 2.73. The number of anilines is 1. The van der Waals surface area contributed by atoms with Gasteiger partial charge in [0.15, 0.2) is 11.6 Å². The molecule has 2 aliphatic heterocycles. The van der Waals surface area contributed by atoms with Crippen molar-refractivity contribution in [3.8, 4) is 5.75 Å². The summed E-state index contributed by atoms with van der Waals surface area (Å²) in [4.78, 5) is 31.9. The smallest absolute Gasteiger partial charge is 0.347 e. The van der Waals surface area contributed by atoms with Crippen LogP contribution in [0.1, 0.15) is 5.56 Å². The minimum absolute atomic E-state index is 0.0381. The highest BCUT2D eigenvalue weighted by Crippen LogP contribution is 2.29. The predicted molar refractivity (Wildman–Crippen MR) is 106 cm³/mol. The molecular formula is C19H19N5O3S. The second kappa shape index (κ2) is 7.81. The Balaban J connectivity index is 1.36. The number of hydrazine groups is 1. The van der Waals surface area contributed by atoms with Crippen LogP contribution in [0.15, 0.2) is 59.8 Å². The molecule has 3 amide bonds. The van der Waals surface area contributed by atoms with Crippen LogP contribution in [-0.2, 0) is 11.2 Å². The second-order valence-corrected chi connectivity index (χ2v) is 7.40. The van der Waals surface area contributed by atoms with Crippen LogP contribution in [0.25, 0.3) is 0 Å². The van der Waals surface area contributed by atoms with E-state index in [9.17, 15) is 9.59 Å².